The smallest absolute Gasteiger partial charge is 0.475 e. The first-order chi connectivity index (χ1) is 15.6. The van der Waals surface area contributed by atoms with Crippen molar-refractivity contribution in [3.8, 4) is 0 Å². The van der Waals surface area contributed by atoms with Gasteiger partial charge in [0.25, 0.3) is 0 Å². The van der Waals surface area contributed by atoms with Crippen molar-refractivity contribution < 1.29 is 27.9 Å². The molecular formula is C24H34F3N3O3. The number of alkyl halides is 3. The first-order valence-corrected chi connectivity index (χ1v) is 11.8. The predicted molar refractivity (Wildman–Crippen MR) is 121 cm³/mol. The Bertz CT molecular complexity index is 794. The summed E-state index contributed by atoms with van der Waals surface area (Å²) in [5, 5.41) is 10.2. The van der Waals surface area contributed by atoms with Crippen molar-refractivity contribution >= 4 is 23.3 Å². The molecule has 2 heterocycles. The van der Waals surface area contributed by atoms with Gasteiger partial charge in [-0.3, -0.25) is 9.69 Å². The first kappa shape index (κ1) is 25.3. The third kappa shape index (κ3) is 7.35. The van der Waals surface area contributed by atoms with Gasteiger partial charge in [0.15, 0.2) is 0 Å². The summed E-state index contributed by atoms with van der Waals surface area (Å²) in [5.74, 6) is -1.98. The number of nitrogens with zero attached hydrogens (tertiary/aromatic N) is 2. The summed E-state index contributed by atoms with van der Waals surface area (Å²) in [6.45, 7) is 5.92. The minimum absolute atomic E-state index is 0.175. The van der Waals surface area contributed by atoms with E-state index in [0.717, 1.165) is 24.8 Å². The second-order valence-electron chi connectivity index (χ2n) is 9.37. The third-order valence-corrected chi connectivity index (χ3v) is 6.94. The highest BCUT2D eigenvalue weighted by Crippen LogP contribution is 2.30. The molecule has 0 aromatic heterocycles. The topological polar surface area (TPSA) is 72.9 Å². The molecule has 4 rings (SSSR count). The number of carboxylic acid groups (broad SMARTS) is 1. The lowest BCUT2D eigenvalue weighted by molar-refractivity contribution is -0.192. The van der Waals surface area contributed by atoms with Gasteiger partial charge in [-0.25, -0.2) is 4.79 Å². The number of hydrogen-bond donors (Lipinski definition) is 2. The summed E-state index contributed by atoms with van der Waals surface area (Å²) in [6.07, 6.45) is 4.60. The summed E-state index contributed by atoms with van der Waals surface area (Å²) in [5.41, 5.74) is 2.22. The van der Waals surface area contributed by atoms with E-state index in [9.17, 15) is 18.0 Å². The Hall–Kier alpha value is -2.29. The van der Waals surface area contributed by atoms with Gasteiger partial charge in [0, 0.05) is 43.0 Å². The highest BCUT2D eigenvalue weighted by atomic mass is 19.4. The van der Waals surface area contributed by atoms with Crippen LogP contribution in [-0.4, -0.2) is 59.8 Å². The lowest BCUT2D eigenvalue weighted by Crippen LogP contribution is -2.39. The lowest BCUT2D eigenvalue weighted by Gasteiger charge is -2.28. The largest absolute Gasteiger partial charge is 0.490 e. The molecule has 184 valence electrons. The molecule has 0 radical (unpaired) electrons. The molecule has 0 spiro atoms. The number of carbonyl (C=O) groups is 2. The van der Waals surface area contributed by atoms with Gasteiger partial charge in [-0.15, -0.1) is 0 Å². The molecule has 3 fully saturated rings. The van der Waals surface area contributed by atoms with E-state index in [2.05, 4.69) is 46.3 Å². The maximum absolute atomic E-state index is 12.2. The van der Waals surface area contributed by atoms with Gasteiger partial charge in [-0.1, -0.05) is 12.8 Å². The fourth-order valence-corrected chi connectivity index (χ4v) is 5.19. The fraction of sp³-hybridized carbons (Fsp3) is 0.667. The number of carbonyl (C=O) groups excluding carboxylic acids is 1. The van der Waals surface area contributed by atoms with Crippen molar-refractivity contribution in [3.63, 3.8) is 0 Å². The zero-order chi connectivity index (χ0) is 24.0. The minimum atomic E-state index is -5.08. The van der Waals surface area contributed by atoms with Crippen molar-refractivity contribution in [2.24, 2.45) is 5.92 Å². The molecule has 2 saturated heterocycles. The van der Waals surface area contributed by atoms with Gasteiger partial charge in [-0.2, -0.15) is 13.2 Å². The Labute approximate surface area is 193 Å². The van der Waals surface area contributed by atoms with Gasteiger partial charge < -0.3 is 15.3 Å². The fourth-order valence-electron chi connectivity index (χ4n) is 5.19. The molecule has 1 aromatic carbocycles. The number of rotatable bonds is 5. The van der Waals surface area contributed by atoms with Crippen molar-refractivity contribution in [1.29, 1.82) is 0 Å². The summed E-state index contributed by atoms with van der Waals surface area (Å²) < 4.78 is 31.7. The van der Waals surface area contributed by atoms with E-state index in [0.29, 0.717) is 18.4 Å². The van der Waals surface area contributed by atoms with Crippen LogP contribution >= 0.6 is 0 Å². The SMILES string of the molecule is CC1CCCN1C1CCN(c2ccc(NC(=O)CC3CCCC3)cc2)C1.O=C(O)C(F)(F)F. The highest BCUT2D eigenvalue weighted by molar-refractivity contribution is 5.91. The summed E-state index contributed by atoms with van der Waals surface area (Å²) >= 11 is 0. The van der Waals surface area contributed by atoms with Crippen molar-refractivity contribution in [2.45, 2.75) is 76.6 Å². The Morgan fingerprint density at radius 3 is 2.21 bits per heavy atom. The van der Waals surface area contributed by atoms with Crippen LogP contribution in [0, 0.1) is 5.92 Å². The molecule has 1 amide bonds. The molecule has 2 atom stereocenters. The molecule has 6 nitrogen and oxygen atoms in total. The van der Waals surface area contributed by atoms with E-state index in [1.165, 1.54) is 57.2 Å². The molecule has 9 heteroatoms. The number of benzene rings is 1. The molecule has 1 saturated carbocycles. The Morgan fingerprint density at radius 2 is 1.67 bits per heavy atom. The average Bonchev–Trinajstić information content (AvgIpc) is 3.50. The second-order valence-corrected chi connectivity index (χ2v) is 9.37. The van der Waals surface area contributed by atoms with Crippen LogP contribution in [0.25, 0.3) is 0 Å². The summed E-state index contributed by atoms with van der Waals surface area (Å²) in [4.78, 5) is 26.3. The number of hydrogen-bond acceptors (Lipinski definition) is 4. The van der Waals surface area contributed by atoms with Crippen LogP contribution in [0.2, 0.25) is 0 Å². The number of aliphatic carboxylic acids is 1. The van der Waals surface area contributed by atoms with Gasteiger partial charge in [0.05, 0.1) is 0 Å². The molecule has 2 aliphatic heterocycles. The lowest BCUT2D eigenvalue weighted by atomic mass is 10.0. The van der Waals surface area contributed by atoms with Crippen molar-refractivity contribution in [3.05, 3.63) is 24.3 Å². The van der Waals surface area contributed by atoms with E-state index in [-0.39, 0.29) is 5.91 Å². The van der Waals surface area contributed by atoms with E-state index < -0.39 is 12.1 Å². The Morgan fingerprint density at radius 1 is 1.03 bits per heavy atom. The quantitative estimate of drug-likeness (QED) is 0.642. The van der Waals surface area contributed by atoms with Crippen LogP contribution < -0.4 is 10.2 Å². The Kier molecular flexibility index (Phi) is 8.62. The standard InChI is InChI=1S/C22H33N3O.C2HF3O2/c1-17-5-4-13-25(17)21-12-14-24(16-21)20-10-8-19(9-11-20)23-22(26)15-18-6-2-3-7-18;3-2(4,5)1(6)7/h8-11,17-18,21H,2-7,12-16H2,1H3,(H,23,26);(H,6,7). The number of nitrogens with one attached hydrogen (secondary N) is 1. The molecule has 3 aliphatic rings. The predicted octanol–water partition coefficient (Wildman–Crippen LogP) is 4.90. The van der Waals surface area contributed by atoms with E-state index in [1.54, 1.807) is 0 Å². The number of amides is 1. The molecule has 1 aromatic rings. The minimum Gasteiger partial charge on any atom is -0.475 e. The van der Waals surface area contributed by atoms with Crippen molar-refractivity contribution in [2.75, 3.05) is 29.9 Å². The molecule has 1 aliphatic carbocycles. The number of likely N-dealkylation sites (tertiary alicyclic amines) is 1. The zero-order valence-corrected chi connectivity index (χ0v) is 19.1. The zero-order valence-electron chi connectivity index (χ0n) is 19.1. The summed E-state index contributed by atoms with van der Waals surface area (Å²) in [6, 6.07) is 9.92. The van der Waals surface area contributed by atoms with E-state index in [4.69, 9.17) is 9.90 Å². The number of halogens is 3. The molecule has 33 heavy (non-hydrogen) atoms. The van der Waals surface area contributed by atoms with Gasteiger partial charge in [-0.05, 0) is 75.8 Å². The normalized spacial score (nSPS) is 23.9. The van der Waals surface area contributed by atoms with Crippen LogP contribution in [0.5, 0.6) is 0 Å². The van der Waals surface area contributed by atoms with Gasteiger partial charge >= 0.3 is 12.1 Å². The number of anilines is 2. The van der Waals surface area contributed by atoms with Crippen LogP contribution in [0.1, 0.15) is 58.3 Å². The second kappa shape index (κ2) is 11.2. The van der Waals surface area contributed by atoms with Crippen LogP contribution in [0.15, 0.2) is 24.3 Å². The highest BCUT2D eigenvalue weighted by Gasteiger charge is 2.38. The van der Waals surface area contributed by atoms with Gasteiger partial charge in [0.1, 0.15) is 0 Å². The first-order valence-electron chi connectivity index (χ1n) is 11.8. The molecule has 0 bridgehead atoms. The maximum Gasteiger partial charge on any atom is 0.490 e. The summed E-state index contributed by atoms with van der Waals surface area (Å²) in [7, 11) is 0. The third-order valence-electron chi connectivity index (χ3n) is 6.94. The average molecular weight is 470 g/mol. The van der Waals surface area contributed by atoms with E-state index in [1.807, 2.05) is 0 Å². The van der Waals surface area contributed by atoms with Crippen molar-refractivity contribution in [1.82, 2.24) is 4.90 Å². The van der Waals surface area contributed by atoms with Crippen LogP contribution in [-0.2, 0) is 9.59 Å². The van der Waals surface area contributed by atoms with Crippen LogP contribution in [0.4, 0.5) is 24.5 Å². The molecular weight excluding hydrogens is 435 g/mol. The number of carboxylic acids is 1. The Balaban J connectivity index is 0.000000383. The van der Waals surface area contributed by atoms with Crippen LogP contribution in [0.3, 0.4) is 0 Å². The monoisotopic (exact) mass is 469 g/mol. The maximum atomic E-state index is 12.2. The molecule has 2 unspecified atom stereocenters. The molecule has 2 N–H and O–H groups in total. The van der Waals surface area contributed by atoms with E-state index >= 15 is 0 Å². The van der Waals surface area contributed by atoms with Gasteiger partial charge in [0.2, 0.25) is 5.91 Å².